The molecule has 1 unspecified atom stereocenters. The summed E-state index contributed by atoms with van der Waals surface area (Å²) in [5.74, 6) is 0. The van der Waals surface area contributed by atoms with E-state index in [0.29, 0.717) is 13.2 Å². The van der Waals surface area contributed by atoms with Crippen LogP contribution < -0.4 is 4.90 Å². The summed E-state index contributed by atoms with van der Waals surface area (Å²) >= 11 is 15.0. The van der Waals surface area contributed by atoms with E-state index < -0.39 is 10.9 Å². The van der Waals surface area contributed by atoms with E-state index in [1.54, 1.807) is 0 Å². The molecule has 0 bridgehead atoms. The van der Waals surface area contributed by atoms with Crippen molar-refractivity contribution in [2.45, 2.75) is 10.9 Å². The van der Waals surface area contributed by atoms with Crippen molar-refractivity contribution in [1.82, 2.24) is 0 Å². The summed E-state index contributed by atoms with van der Waals surface area (Å²) in [6.45, 7) is 2.97. The Morgan fingerprint density at radius 1 is 1.28 bits per heavy atom. The van der Waals surface area contributed by atoms with Crippen LogP contribution >= 0.6 is 39.1 Å². The third kappa shape index (κ3) is 3.11. The molecule has 0 amide bonds. The summed E-state index contributed by atoms with van der Waals surface area (Å²) in [6.07, 6.45) is -0.915. The fraction of sp³-hybridized carbons (Fsp3) is 0.500. The van der Waals surface area contributed by atoms with Gasteiger partial charge in [-0.25, -0.2) is 0 Å². The Kier molecular flexibility index (Phi) is 5.15. The molecule has 0 spiro atoms. The molecule has 3 nitrogen and oxygen atoms in total. The smallest absolute Gasteiger partial charge is 0.137 e. The van der Waals surface area contributed by atoms with E-state index in [2.05, 4.69) is 20.8 Å². The van der Waals surface area contributed by atoms with Gasteiger partial charge in [0.2, 0.25) is 0 Å². The number of aliphatic hydroxyl groups excluding tert-OH is 1. The number of hydrogen-bond acceptors (Lipinski definition) is 3. The first-order chi connectivity index (χ1) is 8.61. The molecule has 1 aromatic carbocycles. The Labute approximate surface area is 125 Å². The van der Waals surface area contributed by atoms with E-state index in [-0.39, 0.29) is 0 Å². The summed E-state index contributed by atoms with van der Waals surface area (Å²) in [7, 11) is 0. The van der Waals surface area contributed by atoms with Gasteiger partial charge in [-0.15, -0.1) is 23.2 Å². The highest BCUT2D eigenvalue weighted by atomic mass is 79.9. The summed E-state index contributed by atoms with van der Waals surface area (Å²) in [6, 6.07) is 5.77. The Morgan fingerprint density at radius 3 is 2.56 bits per heavy atom. The highest BCUT2D eigenvalue weighted by Crippen LogP contribution is 2.37. The Hall–Kier alpha value is -0.000000000000000111. The number of morpholine rings is 1. The minimum absolute atomic E-state index is 0.688. The van der Waals surface area contributed by atoms with Crippen LogP contribution in [-0.2, 0) is 4.74 Å². The number of aliphatic hydroxyl groups is 1. The lowest BCUT2D eigenvalue weighted by Crippen LogP contribution is -2.37. The number of benzene rings is 1. The van der Waals surface area contributed by atoms with Gasteiger partial charge in [0.15, 0.2) is 0 Å². The molecule has 1 aromatic rings. The molecule has 1 aliphatic heterocycles. The molecule has 1 heterocycles. The van der Waals surface area contributed by atoms with Gasteiger partial charge in [0.25, 0.3) is 0 Å². The molecule has 100 valence electrons. The minimum atomic E-state index is -0.915. The van der Waals surface area contributed by atoms with Crippen LogP contribution in [0, 0.1) is 0 Å². The molecule has 2 rings (SSSR count). The van der Waals surface area contributed by atoms with E-state index >= 15 is 0 Å². The zero-order chi connectivity index (χ0) is 13.1. The number of alkyl halides is 2. The second kappa shape index (κ2) is 6.44. The lowest BCUT2D eigenvalue weighted by Gasteiger charge is -2.32. The molecule has 1 aliphatic rings. The predicted molar refractivity (Wildman–Crippen MR) is 77.6 cm³/mol. The van der Waals surface area contributed by atoms with Gasteiger partial charge in [-0.1, -0.05) is 22.0 Å². The van der Waals surface area contributed by atoms with E-state index in [1.807, 2.05) is 18.2 Å². The standard InChI is InChI=1S/C12H14BrCl2NO2/c13-8-2-1-3-9(10(8)11(17)12(14)15)16-4-6-18-7-5-16/h1-3,11-12,17H,4-7H2. The van der Waals surface area contributed by atoms with Crippen LogP contribution in [-0.4, -0.2) is 36.2 Å². The van der Waals surface area contributed by atoms with Gasteiger partial charge in [0.05, 0.1) is 13.2 Å². The molecule has 18 heavy (non-hydrogen) atoms. The Balaban J connectivity index is 2.36. The largest absolute Gasteiger partial charge is 0.385 e. The first-order valence-electron chi connectivity index (χ1n) is 5.68. The van der Waals surface area contributed by atoms with Crippen molar-refractivity contribution < 1.29 is 9.84 Å². The number of halogens is 3. The quantitative estimate of drug-likeness (QED) is 0.846. The lowest BCUT2D eigenvalue weighted by molar-refractivity contribution is 0.122. The van der Waals surface area contributed by atoms with E-state index in [1.165, 1.54) is 0 Å². The van der Waals surface area contributed by atoms with Crippen LogP contribution in [0.2, 0.25) is 0 Å². The van der Waals surface area contributed by atoms with Crippen LogP contribution in [0.4, 0.5) is 5.69 Å². The predicted octanol–water partition coefficient (Wildman–Crippen LogP) is 3.12. The van der Waals surface area contributed by atoms with E-state index in [0.717, 1.165) is 28.8 Å². The molecule has 1 saturated heterocycles. The second-order valence-electron chi connectivity index (χ2n) is 4.05. The molecule has 0 aliphatic carbocycles. The molecule has 1 atom stereocenters. The lowest BCUT2D eigenvalue weighted by atomic mass is 10.1. The first kappa shape index (κ1) is 14.4. The highest BCUT2D eigenvalue weighted by molar-refractivity contribution is 9.10. The molecule has 6 heteroatoms. The van der Waals surface area contributed by atoms with Crippen LogP contribution in [0.5, 0.6) is 0 Å². The monoisotopic (exact) mass is 353 g/mol. The molecular weight excluding hydrogens is 341 g/mol. The van der Waals surface area contributed by atoms with Crippen molar-refractivity contribution in [3.05, 3.63) is 28.2 Å². The van der Waals surface area contributed by atoms with Crippen molar-refractivity contribution in [1.29, 1.82) is 0 Å². The van der Waals surface area contributed by atoms with Crippen molar-refractivity contribution in [2.24, 2.45) is 0 Å². The number of nitrogens with zero attached hydrogens (tertiary/aromatic N) is 1. The van der Waals surface area contributed by atoms with E-state index in [9.17, 15) is 5.11 Å². The fourth-order valence-electron chi connectivity index (χ4n) is 2.02. The summed E-state index contributed by atoms with van der Waals surface area (Å²) in [5, 5.41) is 10.1. The van der Waals surface area contributed by atoms with Gasteiger partial charge in [0, 0.05) is 28.8 Å². The Morgan fingerprint density at radius 2 is 1.94 bits per heavy atom. The number of hydrogen-bond donors (Lipinski definition) is 1. The average molecular weight is 355 g/mol. The third-order valence-electron chi connectivity index (χ3n) is 2.92. The number of rotatable bonds is 3. The maximum absolute atomic E-state index is 10.1. The van der Waals surface area contributed by atoms with Crippen molar-refractivity contribution in [2.75, 3.05) is 31.2 Å². The van der Waals surface area contributed by atoms with Gasteiger partial charge in [-0.05, 0) is 12.1 Å². The second-order valence-corrected chi connectivity index (χ2v) is 6.07. The van der Waals surface area contributed by atoms with Crippen LogP contribution in [0.3, 0.4) is 0 Å². The van der Waals surface area contributed by atoms with Gasteiger partial charge < -0.3 is 14.7 Å². The topological polar surface area (TPSA) is 32.7 Å². The molecule has 1 N–H and O–H groups in total. The third-order valence-corrected chi connectivity index (χ3v) is 4.08. The summed E-state index contributed by atoms with van der Waals surface area (Å²) in [5.41, 5.74) is 1.68. The molecule has 0 aromatic heterocycles. The summed E-state index contributed by atoms with van der Waals surface area (Å²) in [4.78, 5) is 1.31. The molecule has 0 radical (unpaired) electrons. The van der Waals surface area contributed by atoms with Crippen molar-refractivity contribution in [3.8, 4) is 0 Å². The Bertz CT molecular complexity index is 411. The van der Waals surface area contributed by atoms with Gasteiger partial charge in [0.1, 0.15) is 10.9 Å². The molecular formula is C12H14BrCl2NO2. The normalized spacial score (nSPS) is 18.2. The zero-order valence-corrected chi connectivity index (χ0v) is 12.7. The minimum Gasteiger partial charge on any atom is -0.385 e. The highest BCUT2D eigenvalue weighted by Gasteiger charge is 2.25. The SMILES string of the molecule is OC(c1c(Br)cccc1N1CCOCC1)C(Cl)Cl. The molecule has 0 saturated carbocycles. The van der Waals surface area contributed by atoms with Gasteiger partial charge in [-0.2, -0.15) is 0 Å². The van der Waals surface area contributed by atoms with Crippen molar-refractivity contribution in [3.63, 3.8) is 0 Å². The maximum atomic E-state index is 10.1. The number of ether oxygens (including phenoxy) is 1. The van der Waals surface area contributed by atoms with E-state index in [4.69, 9.17) is 27.9 Å². The first-order valence-corrected chi connectivity index (χ1v) is 7.35. The van der Waals surface area contributed by atoms with Crippen molar-refractivity contribution >= 4 is 44.8 Å². The fourth-order valence-corrected chi connectivity index (χ4v) is 2.87. The van der Waals surface area contributed by atoms with Crippen LogP contribution in [0.15, 0.2) is 22.7 Å². The van der Waals surface area contributed by atoms with Crippen LogP contribution in [0.25, 0.3) is 0 Å². The number of anilines is 1. The zero-order valence-electron chi connectivity index (χ0n) is 9.65. The average Bonchev–Trinajstić information content (AvgIpc) is 2.38. The van der Waals surface area contributed by atoms with Crippen LogP contribution in [0.1, 0.15) is 11.7 Å². The molecule has 1 fully saturated rings. The van der Waals surface area contributed by atoms with Gasteiger partial charge in [-0.3, -0.25) is 0 Å². The maximum Gasteiger partial charge on any atom is 0.137 e. The van der Waals surface area contributed by atoms with Gasteiger partial charge >= 0.3 is 0 Å². The summed E-state index contributed by atoms with van der Waals surface area (Å²) < 4.78 is 6.14.